The highest BCUT2D eigenvalue weighted by Crippen LogP contribution is 2.32. The van der Waals surface area contributed by atoms with Crippen LogP contribution in [0.1, 0.15) is 5.56 Å². The van der Waals surface area contributed by atoms with Crippen LogP contribution in [0.5, 0.6) is 11.5 Å². The zero-order valence-corrected chi connectivity index (χ0v) is 16.0. The lowest BCUT2D eigenvalue weighted by atomic mass is 10.2. The molecule has 27 heavy (non-hydrogen) atoms. The normalized spacial score (nSPS) is 11.7. The van der Waals surface area contributed by atoms with Crippen molar-refractivity contribution in [2.75, 3.05) is 0 Å². The molecule has 1 nitrogen and oxygen atoms in total. The average Bonchev–Trinajstić information content (AvgIpc) is 2.73. The van der Waals surface area contributed by atoms with Gasteiger partial charge in [-0.3, -0.25) is 0 Å². The summed E-state index contributed by atoms with van der Waals surface area (Å²) in [6.45, 7) is 2.13. The molecule has 4 rings (SSSR count). The molecule has 132 valence electrons. The first-order valence-corrected chi connectivity index (χ1v) is 10.2. The molecular formula is C25H21OS+. The van der Waals surface area contributed by atoms with Gasteiger partial charge in [0.25, 0.3) is 0 Å². The molecule has 0 saturated heterocycles. The number of hydrogen-bond donors (Lipinski definition) is 0. The standard InChI is InChI=1S/C25H21OS/c1-20-12-16-24(17-13-20)27(23-10-6-3-7-11-23)25-18-14-22(15-19-25)26-21-8-4-2-5-9-21/h2-19H,1H3/q+1. The molecule has 0 N–H and O–H groups in total. The smallest absolute Gasteiger partial charge is 0.166 e. The Morgan fingerprint density at radius 3 is 1.52 bits per heavy atom. The van der Waals surface area contributed by atoms with Crippen LogP contribution in [-0.4, -0.2) is 0 Å². The first-order valence-electron chi connectivity index (χ1n) is 8.98. The van der Waals surface area contributed by atoms with Crippen LogP contribution in [0.4, 0.5) is 0 Å². The third kappa shape index (κ3) is 4.24. The summed E-state index contributed by atoms with van der Waals surface area (Å²) < 4.78 is 5.94. The van der Waals surface area contributed by atoms with Gasteiger partial charge in [0.2, 0.25) is 0 Å². The van der Waals surface area contributed by atoms with Crippen molar-refractivity contribution in [3.8, 4) is 11.5 Å². The van der Waals surface area contributed by atoms with Crippen LogP contribution < -0.4 is 4.74 Å². The van der Waals surface area contributed by atoms with E-state index in [4.69, 9.17) is 4.74 Å². The fourth-order valence-corrected chi connectivity index (χ4v) is 4.97. The highest BCUT2D eigenvalue weighted by atomic mass is 32.2. The van der Waals surface area contributed by atoms with Gasteiger partial charge in [-0.2, -0.15) is 0 Å². The Bertz CT molecular complexity index is 978. The molecule has 0 aliphatic heterocycles. The predicted molar refractivity (Wildman–Crippen MR) is 113 cm³/mol. The summed E-state index contributed by atoms with van der Waals surface area (Å²) in [5.74, 6) is 1.70. The third-order valence-corrected chi connectivity index (χ3v) is 6.50. The number of ether oxygens (including phenoxy) is 1. The topological polar surface area (TPSA) is 9.23 Å². The maximum absolute atomic E-state index is 5.94. The van der Waals surface area contributed by atoms with Crippen LogP contribution in [0.25, 0.3) is 0 Å². The number of rotatable bonds is 5. The van der Waals surface area contributed by atoms with E-state index in [1.165, 1.54) is 20.2 Å². The molecular weight excluding hydrogens is 348 g/mol. The highest BCUT2D eigenvalue weighted by molar-refractivity contribution is 7.97. The molecule has 4 aromatic carbocycles. The molecule has 0 aliphatic rings. The predicted octanol–water partition coefficient (Wildman–Crippen LogP) is 6.88. The lowest BCUT2D eigenvalue weighted by molar-refractivity contribution is 0.482. The Morgan fingerprint density at radius 2 is 0.926 bits per heavy atom. The van der Waals surface area contributed by atoms with Crippen LogP contribution >= 0.6 is 0 Å². The largest absolute Gasteiger partial charge is 0.457 e. The van der Waals surface area contributed by atoms with Crippen molar-refractivity contribution in [1.82, 2.24) is 0 Å². The molecule has 4 aromatic rings. The summed E-state index contributed by atoms with van der Waals surface area (Å²) in [5, 5.41) is 0. The van der Waals surface area contributed by atoms with Crippen molar-refractivity contribution in [2.45, 2.75) is 21.6 Å². The van der Waals surface area contributed by atoms with Crippen molar-refractivity contribution < 1.29 is 4.74 Å². The maximum atomic E-state index is 5.94. The second kappa shape index (κ2) is 8.15. The first kappa shape index (κ1) is 17.4. The van der Waals surface area contributed by atoms with E-state index in [1.807, 2.05) is 30.3 Å². The van der Waals surface area contributed by atoms with Gasteiger partial charge >= 0.3 is 0 Å². The van der Waals surface area contributed by atoms with E-state index in [2.05, 4.69) is 85.8 Å². The van der Waals surface area contributed by atoms with Gasteiger partial charge in [-0.15, -0.1) is 0 Å². The average molecular weight is 370 g/mol. The molecule has 0 aliphatic carbocycles. The van der Waals surface area contributed by atoms with Crippen molar-refractivity contribution in [3.05, 3.63) is 115 Å². The zero-order valence-electron chi connectivity index (χ0n) is 15.2. The Balaban J connectivity index is 1.67. The summed E-state index contributed by atoms with van der Waals surface area (Å²) in [5.41, 5.74) is 1.28. The van der Waals surface area contributed by atoms with Crippen molar-refractivity contribution >= 4 is 10.9 Å². The van der Waals surface area contributed by atoms with Crippen LogP contribution in [0.2, 0.25) is 0 Å². The Labute approximate surface area is 163 Å². The minimum atomic E-state index is -0.133. The van der Waals surface area contributed by atoms with Gasteiger partial charge in [0.1, 0.15) is 11.5 Å². The van der Waals surface area contributed by atoms with Gasteiger partial charge in [-0.05, 0) is 67.6 Å². The van der Waals surface area contributed by atoms with Crippen molar-refractivity contribution in [3.63, 3.8) is 0 Å². The van der Waals surface area contributed by atoms with E-state index in [1.54, 1.807) is 0 Å². The second-order valence-corrected chi connectivity index (χ2v) is 8.35. The summed E-state index contributed by atoms with van der Waals surface area (Å²) in [6.07, 6.45) is 0. The Morgan fingerprint density at radius 1 is 0.481 bits per heavy atom. The van der Waals surface area contributed by atoms with Crippen LogP contribution in [0.15, 0.2) is 124 Å². The molecule has 0 heterocycles. The molecule has 1 atom stereocenters. The SMILES string of the molecule is Cc1ccc([S+](c2ccccc2)c2ccc(Oc3ccccc3)cc2)cc1. The maximum Gasteiger partial charge on any atom is 0.166 e. The molecule has 0 aromatic heterocycles. The van der Waals surface area contributed by atoms with Crippen molar-refractivity contribution in [1.29, 1.82) is 0 Å². The van der Waals surface area contributed by atoms with Crippen molar-refractivity contribution in [2.24, 2.45) is 0 Å². The van der Waals surface area contributed by atoms with Crippen LogP contribution in [0.3, 0.4) is 0 Å². The number of aryl methyl sites for hydroxylation is 1. The molecule has 0 spiro atoms. The minimum absolute atomic E-state index is 0.133. The van der Waals surface area contributed by atoms with E-state index in [0.29, 0.717) is 0 Å². The van der Waals surface area contributed by atoms with Gasteiger partial charge in [-0.1, -0.05) is 54.1 Å². The lowest BCUT2D eigenvalue weighted by Gasteiger charge is -2.10. The van der Waals surface area contributed by atoms with Gasteiger partial charge < -0.3 is 4.74 Å². The number of benzene rings is 4. The fourth-order valence-electron chi connectivity index (χ4n) is 2.91. The Hall–Kier alpha value is -2.97. The zero-order chi connectivity index (χ0) is 18.5. The van der Waals surface area contributed by atoms with Crippen LogP contribution in [0, 0.1) is 6.92 Å². The van der Waals surface area contributed by atoms with E-state index in [9.17, 15) is 0 Å². The summed E-state index contributed by atoms with van der Waals surface area (Å²) in [7, 11) is -0.133. The summed E-state index contributed by atoms with van der Waals surface area (Å²) in [6, 6.07) is 37.9. The third-order valence-electron chi connectivity index (χ3n) is 4.27. The van der Waals surface area contributed by atoms with Gasteiger partial charge in [0.15, 0.2) is 14.7 Å². The van der Waals surface area contributed by atoms with Gasteiger partial charge in [0.05, 0.1) is 10.9 Å². The number of hydrogen-bond acceptors (Lipinski definition) is 1. The quantitative estimate of drug-likeness (QED) is 0.348. The molecule has 2 heteroatoms. The minimum Gasteiger partial charge on any atom is -0.457 e. The van der Waals surface area contributed by atoms with Gasteiger partial charge in [0, 0.05) is 0 Å². The summed E-state index contributed by atoms with van der Waals surface area (Å²) >= 11 is 0. The highest BCUT2D eigenvalue weighted by Gasteiger charge is 2.28. The van der Waals surface area contributed by atoms with E-state index in [-0.39, 0.29) is 10.9 Å². The first-order chi connectivity index (χ1) is 13.3. The molecule has 1 unspecified atom stereocenters. The monoisotopic (exact) mass is 369 g/mol. The fraction of sp³-hybridized carbons (Fsp3) is 0.0400. The lowest BCUT2D eigenvalue weighted by Crippen LogP contribution is -2.04. The molecule has 0 radical (unpaired) electrons. The summed E-state index contributed by atoms with van der Waals surface area (Å²) in [4.78, 5) is 3.92. The van der Waals surface area contributed by atoms with E-state index < -0.39 is 0 Å². The molecule has 0 bridgehead atoms. The Kier molecular flexibility index (Phi) is 5.27. The van der Waals surface area contributed by atoms with Gasteiger partial charge in [-0.25, -0.2) is 0 Å². The van der Waals surface area contributed by atoms with E-state index in [0.717, 1.165) is 11.5 Å². The van der Waals surface area contributed by atoms with Crippen LogP contribution in [-0.2, 0) is 10.9 Å². The second-order valence-electron chi connectivity index (χ2n) is 6.32. The molecule has 0 saturated carbocycles. The number of para-hydroxylation sites is 1. The molecule has 0 amide bonds. The van der Waals surface area contributed by atoms with E-state index >= 15 is 0 Å². The molecule has 0 fully saturated rings.